The second-order valence-corrected chi connectivity index (χ2v) is 5.75. The van der Waals surface area contributed by atoms with E-state index < -0.39 is 0 Å². The molecular weight excluding hydrogens is 324 g/mol. The molecule has 1 amide bonds. The highest BCUT2D eigenvalue weighted by molar-refractivity contribution is 5.93. The summed E-state index contributed by atoms with van der Waals surface area (Å²) < 4.78 is 5.72. The molecule has 5 heteroatoms. The minimum Gasteiger partial charge on any atom is -0.492 e. The number of amides is 1. The summed E-state index contributed by atoms with van der Waals surface area (Å²) in [5.41, 5.74) is 3.07. The SMILES string of the molecule is CCNCc1ccccc1NC(=O)C1COc2ccccc2C1.Cl. The van der Waals surface area contributed by atoms with Gasteiger partial charge in [-0.25, -0.2) is 0 Å². The molecule has 1 aliphatic heterocycles. The predicted octanol–water partition coefficient (Wildman–Crippen LogP) is 3.41. The Bertz CT molecular complexity index is 691. The van der Waals surface area contributed by atoms with Gasteiger partial charge in [-0.2, -0.15) is 0 Å². The monoisotopic (exact) mass is 346 g/mol. The van der Waals surface area contributed by atoms with Crippen molar-refractivity contribution in [2.24, 2.45) is 5.92 Å². The number of fused-ring (bicyclic) bond motifs is 1. The maximum atomic E-state index is 12.6. The average molecular weight is 347 g/mol. The van der Waals surface area contributed by atoms with Crippen molar-refractivity contribution in [1.29, 1.82) is 0 Å². The highest BCUT2D eigenvalue weighted by atomic mass is 35.5. The van der Waals surface area contributed by atoms with Gasteiger partial charge in [0, 0.05) is 12.2 Å². The molecule has 0 saturated carbocycles. The molecule has 0 fully saturated rings. The lowest BCUT2D eigenvalue weighted by molar-refractivity contribution is -0.121. The lowest BCUT2D eigenvalue weighted by atomic mass is 9.96. The van der Waals surface area contributed by atoms with E-state index in [1.807, 2.05) is 48.5 Å². The van der Waals surface area contributed by atoms with Crippen molar-refractivity contribution in [1.82, 2.24) is 5.32 Å². The number of nitrogens with one attached hydrogen (secondary N) is 2. The zero-order valence-corrected chi connectivity index (χ0v) is 14.6. The minimum absolute atomic E-state index is 0. The van der Waals surface area contributed by atoms with Gasteiger partial charge in [0.1, 0.15) is 12.4 Å². The number of hydrogen-bond acceptors (Lipinski definition) is 3. The molecule has 128 valence electrons. The molecule has 0 aliphatic carbocycles. The van der Waals surface area contributed by atoms with Crippen LogP contribution in [0, 0.1) is 5.92 Å². The van der Waals surface area contributed by atoms with Gasteiger partial charge in [-0.15, -0.1) is 12.4 Å². The first kappa shape index (κ1) is 18.3. The zero-order valence-electron chi connectivity index (χ0n) is 13.7. The third kappa shape index (κ3) is 4.28. The quantitative estimate of drug-likeness (QED) is 0.872. The molecule has 0 radical (unpaired) electrons. The zero-order chi connectivity index (χ0) is 16.1. The third-order valence-electron chi connectivity index (χ3n) is 4.09. The molecule has 2 N–H and O–H groups in total. The number of ether oxygens (including phenoxy) is 1. The van der Waals surface area contributed by atoms with E-state index in [2.05, 4.69) is 17.6 Å². The Morgan fingerprint density at radius 2 is 1.92 bits per heavy atom. The molecule has 1 atom stereocenters. The molecule has 0 aromatic heterocycles. The summed E-state index contributed by atoms with van der Waals surface area (Å²) in [7, 11) is 0. The third-order valence-corrected chi connectivity index (χ3v) is 4.09. The number of hydrogen-bond donors (Lipinski definition) is 2. The Morgan fingerprint density at radius 3 is 2.75 bits per heavy atom. The van der Waals surface area contributed by atoms with Gasteiger partial charge in [-0.05, 0) is 36.2 Å². The molecular formula is C19H23ClN2O2. The van der Waals surface area contributed by atoms with Crippen molar-refractivity contribution in [2.45, 2.75) is 19.9 Å². The molecule has 0 bridgehead atoms. The predicted molar refractivity (Wildman–Crippen MR) is 98.8 cm³/mol. The van der Waals surface area contributed by atoms with Crippen LogP contribution in [0.1, 0.15) is 18.1 Å². The number of para-hydroxylation sites is 2. The van der Waals surface area contributed by atoms with Crippen LogP contribution in [0.3, 0.4) is 0 Å². The van der Waals surface area contributed by atoms with Crippen LogP contribution in [-0.2, 0) is 17.8 Å². The Hall–Kier alpha value is -2.04. The van der Waals surface area contributed by atoms with E-state index in [9.17, 15) is 4.79 Å². The van der Waals surface area contributed by atoms with Gasteiger partial charge in [0.15, 0.2) is 0 Å². The molecule has 0 saturated heterocycles. The Balaban J connectivity index is 0.00000208. The molecule has 1 aliphatic rings. The van der Waals surface area contributed by atoms with Crippen LogP contribution in [-0.4, -0.2) is 19.1 Å². The number of carbonyl (C=O) groups excluding carboxylic acids is 1. The van der Waals surface area contributed by atoms with Gasteiger partial charge in [-0.3, -0.25) is 4.79 Å². The Labute approximate surface area is 149 Å². The fraction of sp³-hybridized carbons (Fsp3) is 0.316. The summed E-state index contributed by atoms with van der Waals surface area (Å²) >= 11 is 0. The number of benzene rings is 2. The molecule has 3 rings (SSSR count). The summed E-state index contributed by atoms with van der Waals surface area (Å²) in [6.07, 6.45) is 0.720. The van der Waals surface area contributed by atoms with Gasteiger partial charge in [0.25, 0.3) is 0 Å². The molecule has 4 nitrogen and oxygen atoms in total. The number of carbonyl (C=O) groups is 1. The summed E-state index contributed by atoms with van der Waals surface area (Å²) in [4.78, 5) is 12.6. The molecule has 1 unspecified atom stereocenters. The number of anilines is 1. The summed E-state index contributed by atoms with van der Waals surface area (Å²) in [6.45, 7) is 4.14. The van der Waals surface area contributed by atoms with Crippen molar-refractivity contribution < 1.29 is 9.53 Å². The topological polar surface area (TPSA) is 50.4 Å². The van der Waals surface area contributed by atoms with E-state index in [0.29, 0.717) is 6.61 Å². The Morgan fingerprint density at radius 1 is 1.17 bits per heavy atom. The first-order chi connectivity index (χ1) is 11.3. The van der Waals surface area contributed by atoms with E-state index >= 15 is 0 Å². The number of rotatable bonds is 5. The molecule has 2 aromatic rings. The highest BCUT2D eigenvalue weighted by Crippen LogP contribution is 2.27. The largest absolute Gasteiger partial charge is 0.492 e. The van der Waals surface area contributed by atoms with Crippen LogP contribution in [0.2, 0.25) is 0 Å². The molecule has 1 heterocycles. The first-order valence-electron chi connectivity index (χ1n) is 8.08. The van der Waals surface area contributed by atoms with Gasteiger partial charge in [0.05, 0.1) is 5.92 Å². The fourth-order valence-corrected chi connectivity index (χ4v) is 2.79. The lowest BCUT2D eigenvalue weighted by Crippen LogP contribution is -2.33. The summed E-state index contributed by atoms with van der Waals surface area (Å²) in [5, 5.41) is 6.36. The van der Waals surface area contributed by atoms with Crippen LogP contribution in [0.5, 0.6) is 5.75 Å². The van der Waals surface area contributed by atoms with Gasteiger partial charge in [-0.1, -0.05) is 43.3 Å². The van der Waals surface area contributed by atoms with Gasteiger partial charge in [0.2, 0.25) is 5.91 Å². The van der Waals surface area contributed by atoms with Crippen LogP contribution >= 0.6 is 12.4 Å². The van der Waals surface area contributed by atoms with Crippen molar-refractivity contribution in [3.05, 3.63) is 59.7 Å². The average Bonchev–Trinajstić information content (AvgIpc) is 2.60. The second-order valence-electron chi connectivity index (χ2n) is 5.75. The Kier molecular flexibility index (Phi) is 6.64. The van der Waals surface area contributed by atoms with E-state index in [1.165, 1.54) is 0 Å². The first-order valence-corrected chi connectivity index (χ1v) is 8.08. The lowest BCUT2D eigenvalue weighted by Gasteiger charge is -2.25. The van der Waals surface area contributed by atoms with Crippen molar-refractivity contribution in [2.75, 3.05) is 18.5 Å². The van der Waals surface area contributed by atoms with Crippen LogP contribution < -0.4 is 15.4 Å². The van der Waals surface area contributed by atoms with Crippen LogP contribution in [0.25, 0.3) is 0 Å². The van der Waals surface area contributed by atoms with E-state index in [1.54, 1.807) is 0 Å². The van der Waals surface area contributed by atoms with E-state index in [0.717, 1.165) is 42.1 Å². The summed E-state index contributed by atoms with van der Waals surface area (Å²) in [5.74, 6) is 0.754. The van der Waals surface area contributed by atoms with Gasteiger partial charge >= 0.3 is 0 Å². The highest BCUT2D eigenvalue weighted by Gasteiger charge is 2.26. The van der Waals surface area contributed by atoms with Crippen molar-refractivity contribution in [3.63, 3.8) is 0 Å². The van der Waals surface area contributed by atoms with Crippen LogP contribution in [0.15, 0.2) is 48.5 Å². The van der Waals surface area contributed by atoms with E-state index in [4.69, 9.17) is 4.74 Å². The summed E-state index contributed by atoms with van der Waals surface area (Å²) in [6, 6.07) is 15.8. The molecule has 2 aromatic carbocycles. The van der Waals surface area contributed by atoms with Gasteiger partial charge < -0.3 is 15.4 Å². The standard InChI is InChI=1S/C19H22N2O2.ClH/c1-2-20-12-15-8-3-5-9-17(15)21-19(22)16-11-14-7-4-6-10-18(14)23-13-16;/h3-10,16,20H,2,11-13H2,1H3,(H,21,22);1H. The number of halogens is 1. The maximum Gasteiger partial charge on any atom is 0.231 e. The van der Waals surface area contributed by atoms with Crippen LogP contribution in [0.4, 0.5) is 5.69 Å². The smallest absolute Gasteiger partial charge is 0.231 e. The fourth-order valence-electron chi connectivity index (χ4n) is 2.79. The maximum absolute atomic E-state index is 12.6. The van der Waals surface area contributed by atoms with E-state index in [-0.39, 0.29) is 24.2 Å². The van der Waals surface area contributed by atoms with Crippen molar-refractivity contribution in [3.8, 4) is 5.75 Å². The molecule has 0 spiro atoms. The minimum atomic E-state index is -0.155. The normalized spacial score (nSPS) is 15.6. The molecule has 24 heavy (non-hydrogen) atoms. The second kappa shape index (κ2) is 8.71. The van der Waals surface area contributed by atoms with Crippen molar-refractivity contribution >= 4 is 24.0 Å².